The van der Waals surface area contributed by atoms with Crippen LogP contribution in [0, 0.1) is 6.92 Å². The summed E-state index contributed by atoms with van der Waals surface area (Å²) in [5.41, 5.74) is 2.46. The fourth-order valence-corrected chi connectivity index (χ4v) is 4.45. The molecule has 2 amide bonds. The maximum atomic E-state index is 12.7. The highest BCUT2D eigenvalue weighted by molar-refractivity contribution is 8.26. The van der Waals surface area contributed by atoms with Gasteiger partial charge in [0.2, 0.25) is 5.91 Å². The third-order valence-electron chi connectivity index (χ3n) is 4.35. The first-order chi connectivity index (χ1) is 13.9. The number of hydrogen-bond donors (Lipinski definition) is 1. The second-order valence-electron chi connectivity index (χ2n) is 6.44. The Hall–Kier alpha value is -1.86. The molecule has 1 aliphatic heterocycles. The molecule has 1 aliphatic rings. The van der Waals surface area contributed by atoms with Gasteiger partial charge in [-0.15, -0.1) is 0 Å². The summed E-state index contributed by atoms with van der Waals surface area (Å²) in [5.74, 6) is -0.277. The summed E-state index contributed by atoms with van der Waals surface area (Å²) < 4.78 is 0.471. The van der Waals surface area contributed by atoms with E-state index in [4.69, 9.17) is 35.4 Å². The third-order valence-corrected chi connectivity index (χ3v) is 6.56. The average Bonchev–Trinajstić information content (AvgIpc) is 2.94. The minimum Gasteiger partial charge on any atom is -0.326 e. The predicted molar refractivity (Wildman–Crippen MR) is 125 cm³/mol. The van der Waals surface area contributed by atoms with Gasteiger partial charge in [-0.25, -0.2) is 0 Å². The summed E-state index contributed by atoms with van der Waals surface area (Å²) in [5, 5.41) is 3.71. The number of carbonyl (C=O) groups excluding carboxylic acids is 2. The van der Waals surface area contributed by atoms with Crippen LogP contribution in [0.1, 0.15) is 24.0 Å². The van der Waals surface area contributed by atoms with E-state index in [1.165, 1.54) is 16.7 Å². The van der Waals surface area contributed by atoms with Crippen molar-refractivity contribution in [2.45, 2.75) is 19.8 Å². The predicted octanol–water partition coefficient (Wildman–Crippen LogP) is 5.92. The zero-order chi connectivity index (χ0) is 21.0. The molecule has 0 saturated carbocycles. The van der Waals surface area contributed by atoms with Crippen molar-refractivity contribution in [3.63, 3.8) is 0 Å². The lowest BCUT2D eigenvalue weighted by atomic mass is 10.2. The van der Waals surface area contributed by atoms with E-state index in [0.717, 1.165) is 11.3 Å². The van der Waals surface area contributed by atoms with Crippen molar-refractivity contribution in [1.29, 1.82) is 0 Å². The minimum absolute atomic E-state index is 0.0917. The molecule has 4 nitrogen and oxygen atoms in total. The van der Waals surface area contributed by atoms with Crippen molar-refractivity contribution in [3.8, 4) is 0 Å². The van der Waals surface area contributed by atoms with E-state index in [2.05, 4.69) is 5.32 Å². The van der Waals surface area contributed by atoms with Gasteiger partial charge >= 0.3 is 0 Å². The molecule has 0 bridgehead atoms. The van der Waals surface area contributed by atoms with E-state index in [9.17, 15) is 9.59 Å². The fraction of sp³-hybridized carbons (Fsp3) is 0.190. The van der Waals surface area contributed by atoms with Crippen molar-refractivity contribution < 1.29 is 9.59 Å². The highest BCUT2D eigenvalue weighted by Crippen LogP contribution is 2.35. The SMILES string of the molecule is Cc1ccccc1NC(=O)CCCN1C(=O)/C(=C/c2cccc(Cl)c2Cl)SC1=S. The highest BCUT2D eigenvalue weighted by Gasteiger charge is 2.31. The summed E-state index contributed by atoms with van der Waals surface area (Å²) in [7, 11) is 0. The molecule has 0 unspecified atom stereocenters. The van der Waals surface area contributed by atoms with Crippen LogP contribution in [-0.4, -0.2) is 27.6 Å². The number of amides is 2. The van der Waals surface area contributed by atoms with Gasteiger partial charge in [-0.3, -0.25) is 14.5 Å². The first-order valence-corrected chi connectivity index (χ1v) is 10.9. The maximum Gasteiger partial charge on any atom is 0.266 e. The van der Waals surface area contributed by atoms with Crippen LogP contribution >= 0.6 is 47.2 Å². The maximum absolute atomic E-state index is 12.7. The molecule has 1 saturated heterocycles. The Bertz CT molecular complexity index is 1010. The Kier molecular flexibility index (Phi) is 7.35. The topological polar surface area (TPSA) is 49.4 Å². The molecule has 0 aromatic heterocycles. The van der Waals surface area contributed by atoms with Crippen LogP contribution in [0.25, 0.3) is 6.08 Å². The number of anilines is 1. The number of benzene rings is 2. The molecule has 2 aromatic carbocycles. The summed E-state index contributed by atoms with van der Waals surface area (Å²) in [6.45, 7) is 2.32. The number of nitrogens with one attached hydrogen (secondary N) is 1. The monoisotopic (exact) mass is 464 g/mol. The van der Waals surface area contributed by atoms with Crippen LogP contribution < -0.4 is 5.32 Å². The largest absolute Gasteiger partial charge is 0.326 e. The van der Waals surface area contributed by atoms with Crippen molar-refractivity contribution in [2.75, 3.05) is 11.9 Å². The van der Waals surface area contributed by atoms with E-state index in [0.29, 0.717) is 44.2 Å². The zero-order valence-electron chi connectivity index (χ0n) is 15.6. The molecule has 150 valence electrons. The molecular weight excluding hydrogens is 447 g/mol. The van der Waals surface area contributed by atoms with Gasteiger partial charge in [-0.05, 0) is 42.7 Å². The van der Waals surface area contributed by atoms with Crippen LogP contribution in [0.15, 0.2) is 47.4 Å². The first kappa shape index (κ1) is 21.8. The molecule has 8 heteroatoms. The van der Waals surface area contributed by atoms with Crippen molar-refractivity contribution >= 4 is 75.1 Å². The van der Waals surface area contributed by atoms with E-state index >= 15 is 0 Å². The summed E-state index contributed by atoms with van der Waals surface area (Å²) >= 11 is 18.8. The van der Waals surface area contributed by atoms with E-state index in [1.54, 1.807) is 24.3 Å². The van der Waals surface area contributed by atoms with Crippen LogP contribution in [0.5, 0.6) is 0 Å². The number of thioether (sulfide) groups is 1. The van der Waals surface area contributed by atoms with Gasteiger partial charge in [0.05, 0.1) is 15.0 Å². The van der Waals surface area contributed by atoms with E-state index < -0.39 is 0 Å². The number of halogens is 2. The minimum atomic E-state index is -0.185. The van der Waals surface area contributed by atoms with Crippen LogP contribution in [0.4, 0.5) is 5.69 Å². The average molecular weight is 465 g/mol. The number of rotatable bonds is 6. The normalized spacial score (nSPS) is 15.3. The molecular formula is C21H18Cl2N2O2S2. The third kappa shape index (κ3) is 5.39. The van der Waals surface area contributed by atoms with Gasteiger partial charge in [-0.2, -0.15) is 0 Å². The van der Waals surface area contributed by atoms with Crippen molar-refractivity contribution in [1.82, 2.24) is 4.90 Å². The van der Waals surface area contributed by atoms with E-state index in [1.807, 2.05) is 31.2 Å². The molecule has 0 spiro atoms. The smallest absolute Gasteiger partial charge is 0.266 e. The van der Waals surface area contributed by atoms with Gasteiger partial charge in [-0.1, -0.05) is 77.5 Å². The quantitative estimate of drug-likeness (QED) is 0.425. The number of carbonyl (C=O) groups is 2. The highest BCUT2D eigenvalue weighted by atomic mass is 35.5. The van der Waals surface area contributed by atoms with Crippen LogP contribution in [0.2, 0.25) is 10.0 Å². The molecule has 1 fully saturated rings. The Labute approximate surface area is 189 Å². The second kappa shape index (κ2) is 9.76. The zero-order valence-corrected chi connectivity index (χ0v) is 18.7. The van der Waals surface area contributed by atoms with Gasteiger partial charge in [0.25, 0.3) is 5.91 Å². The molecule has 0 radical (unpaired) electrons. The number of hydrogen-bond acceptors (Lipinski definition) is 4. The van der Waals surface area contributed by atoms with Gasteiger partial charge in [0.1, 0.15) is 4.32 Å². The molecule has 29 heavy (non-hydrogen) atoms. The van der Waals surface area contributed by atoms with Gasteiger partial charge in [0.15, 0.2) is 0 Å². The number of para-hydroxylation sites is 1. The van der Waals surface area contributed by atoms with Crippen LogP contribution in [0.3, 0.4) is 0 Å². The molecule has 0 aliphatic carbocycles. The molecule has 0 atom stereocenters. The van der Waals surface area contributed by atoms with Crippen LogP contribution in [-0.2, 0) is 9.59 Å². The molecule has 3 rings (SSSR count). The fourth-order valence-electron chi connectivity index (χ4n) is 2.79. The van der Waals surface area contributed by atoms with Gasteiger partial charge in [0, 0.05) is 18.7 Å². The molecule has 1 N–H and O–H groups in total. The number of aryl methyl sites for hydroxylation is 1. The lowest BCUT2D eigenvalue weighted by Crippen LogP contribution is -2.29. The van der Waals surface area contributed by atoms with E-state index in [-0.39, 0.29) is 11.8 Å². The lowest BCUT2D eigenvalue weighted by molar-refractivity contribution is -0.122. The lowest BCUT2D eigenvalue weighted by Gasteiger charge is -2.14. The van der Waals surface area contributed by atoms with Gasteiger partial charge < -0.3 is 5.32 Å². The summed E-state index contributed by atoms with van der Waals surface area (Å²) in [4.78, 5) is 26.9. The Balaban J connectivity index is 1.58. The molecule has 1 heterocycles. The Morgan fingerprint density at radius 2 is 1.97 bits per heavy atom. The van der Waals surface area contributed by atoms with Crippen molar-refractivity contribution in [3.05, 3.63) is 68.5 Å². The number of nitrogens with zero attached hydrogens (tertiary/aromatic N) is 1. The summed E-state index contributed by atoms with van der Waals surface area (Å²) in [6.07, 6.45) is 2.50. The standard InChI is InChI=1S/C21H18Cl2N2O2S2/c1-13-6-2-3-9-16(13)24-18(26)10-5-11-25-20(27)17(29-21(25)28)12-14-7-4-8-15(22)19(14)23/h2-4,6-9,12H,5,10-11H2,1H3,(H,24,26)/b17-12-. The first-order valence-electron chi connectivity index (χ1n) is 8.91. The second-order valence-corrected chi connectivity index (χ2v) is 8.90. The Morgan fingerprint density at radius 3 is 2.72 bits per heavy atom. The Morgan fingerprint density at radius 1 is 1.21 bits per heavy atom. The summed E-state index contributed by atoms with van der Waals surface area (Å²) in [6, 6.07) is 12.8. The number of thiocarbonyl (C=S) groups is 1. The van der Waals surface area contributed by atoms with Crippen molar-refractivity contribution in [2.24, 2.45) is 0 Å². The molecule has 2 aromatic rings.